The average Bonchev–Trinajstić information content (AvgIpc) is 2.74. The minimum absolute atomic E-state index is 0.309. The molecule has 4 heterocycles. The highest BCUT2D eigenvalue weighted by atomic mass is 16.5. The Balaban J connectivity index is 1.37. The summed E-state index contributed by atoms with van der Waals surface area (Å²) in [6.07, 6.45) is 7.24. The third kappa shape index (κ3) is 3.51. The van der Waals surface area contributed by atoms with E-state index in [1.807, 2.05) is 31.3 Å². The van der Waals surface area contributed by atoms with Crippen LogP contribution in [0.25, 0.3) is 6.08 Å². The summed E-state index contributed by atoms with van der Waals surface area (Å²) in [6.45, 7) is 6.12. The van der Waals surface area contributed by atoms with E-state index in [4.69, 9.17) is 19.2 Å². The number of benzene rings is 1. The first-order chi connectivity index (χ1) is 14.1. The lowest BCUT2D eigenvalue weighted by Crippen LogP contribution is -2.51. The SMILES string of the molecule is COc1ccc2c(c1)C=C(CN1CCC[C@]3(C1)OCCc1cnc(C)nc13)CO2. The van der Waals surface area contributed by atoms with E-state index in [1.54, 1.807) is 7.11 Å². The predicted molar refractivity (Wildman–Crippen MR) is 110 cm³/mol. The van der Waals surface area contributed by atoms with E-state index in [0.717, 1.165) is 74.1 Å². The zero-order valence-corrected chi connectivity index (χ0v) is 17.1. The molecule has 1 aromatic heterocycles. The molecule has 29 heavy (non-hydrogen) atoms. The highest BCUT2D eigenvalue weighted by Crippen LogP contribution is 2.39. The lowest BCUT2D eigenvalue weighted by Gasteiger charge is -2.45. The molecule has 3 aliphatic heterocycles. The second-order valence-electron chi connectivity index (χ2n) is 8.19. The van der Waals surface area contributed by atoms with Gasteiger partial charge < -0.3 is 14.2 Å². The van der Waals surface area contributed by atoms with E-state index < -0.39 is 0 Å². The van der Waals surface area contributed by atoms with Gasteiger partial charge in [0.2, 0.25) is 0 Å². The topological polar surface area (TPSA) is 56.7 Å². The van der Waals surface area contributed by atoms with Crippen LogP contribution in [0.5, 0.6) is 11.5 Å². The molecule has 0 aliphatic carbocycles. The van der Waals surface area contributed by atoms with E-state index in [2.05, 4.69) is 16.0 Å². The molecule has 3 aliphatic rings. The lowest BCUT2D eigenvalue weighted by molar-refractivity contribution is -0.106. The van der Waals surface area contributed by atoms with Crippen molar-refractivity contribution in [2.24, 2.45) is 0 Å². The molecule has 2 aromatic rings. The predicted octanol–water partition coefficient (Wildman–Crippen LogP) is 3.13. The third-order valence-corrected chi connectivity index (χ3v) is 6.12. The quantitative estimate of drug-likeness (QED) is 0.799. The van der Waals surface area contributed by atoms with Gasteiger partial charge in [-0.15, -0.1) is 0 Å². The molecule has 0 radical (unpaired) electrons. The molecule has 1 aromatic carbocycles. The van der Waals surface area contributed by atoms with Crippen LogP contribution in [0.3, 0.4) is 0 Å². The largest absolute Gasteiger partial charge is 0.497 e. The van der Waals surface area contributed by atoms with Gasteiger partial charge in [0.1, 0.15) is 29.5 Å². The Kier molecular flexibility index (Phi) is 4.76. The van der Waals surface area contributed by atoms with E-state index in [0.29, 0.717) is 6.61 Å². The zero-order valence-electron chi connectivity index (χ0n) is 17.1. The van der Waals surface area contributed by atoms with Crippen molar-refractivity contribution in [1.29, 1.82) is 0 Å². The normalized spacial score (nSPS) is 23.7. The number of aromatic nitrogens is 2. The van der Waals surface area contributed by atoms with Crippen molar-refractivity contribution in [3.63, 3.8) is 0 Å². The van der Waals surface area contributed by atoms with Crippen molar-refractivity contribution in [3.8, 4) is 11.5 Å². The van der Waals surface area contributed by atoms with Crippen molar-refractivity contribution in [2.45, 2.75) is 31.8 Å². The molecule has 1 atom stereocenters. The molecule has 1 spiro atoms. The van der Waals surface area contributed by atoms with Gasteiger partial charge in [-0.3, -0.25) is 4.90 Å². The summed E-state index contributed by atoms with van der Waals surface area (Å²) in [5, 5.41) is 0. The molecular formula is C23H27N3O3. The number of hydrogen-bond donors (Lipinski definition) is 0. The van der Waals surface area contributed by atoms with Crippen LogP contribution in [-0.2, 0) is 16.8 Å². The fourth-order valence-electron chi connectivity index (χ4n) is 4.76. The molecule has 152 valence electrons. The van der Waals surface area contributed by atoms with Gasteiger partial charge in [-0.1, -0.05) is 0 Å². The number of nitrogens with zero attached hydrogens (tertiary/aromatic N) is 3. The molecular weight excluding hydrogens is 366 g/mol. The van der Waals surface area contributed by atoms with E-state index in [-0.39, 0.29) is 5.60 Å². The summed E-state index contributed by atoms with van der Waals surface area (Å²) in [4.78, 5) is 11.7. The van der Waals surface area contributed by atoms with E-state index in [9.17, 15) is 0 Å². The van der Waals surface area contributed by atoms with Crippen molar-refractivity contribution in [2.75, 3.05) is 40.0 Å². The van der Waals surface area contributed by atoms with Crippen LogP contribution in [0.15, 0.2) is 30.0 Å². The summed E-state index contributed by atoms with van der Waals surface area (Å²) < 4.78 is 17.7. The van der Waals surface area contributed by atoms with Gasteiger partial charge in [-0.25, -0.2) is 9.97 Å². The Labute approximate surface area is 171 Å². The fraction of sp³-hybridized carbons (Fsp3) is 0.478. The van der Waals surface area contributed by atoms with Crippen molar-refractivity contribution in [1.82, 2.24) is 14.9 Å². The molecule has 0 unspecified atom stereocenters. The Morgan fingerprint density at radius 3 is 3.14 bits per heavy atom. The minimum atomic E-state index is -0.309. The lowest BCUT2D eigenvalue weighted by atomic mass is 9.84. The van der Waals surface area contributed by atoms with Crippen molar-refractivity contribution >= 4 is 6.08 Å². The Hall–Kier alpha value is -2.44. The first-order valence-electron chi connectivity index (χ1n) is 10.3. The summed E-state index contributed by atoms with van der Waals surface area (Å²) in [6, 6.07) is 5.95. The maximum atomic E-state index is 6.39. The molecule has 0 N–H and O–H groups in total. The summed E-state index contributed by atoms with van der Waals surface area (Å²) in [5.41, 5.74) is 4.39. The van der Waals surface area contributed by atoms with Crippen LogP contribution in [0.1, 0.15) is 35.5 Å². The molecule has 5 rings (SSSR count). The fourth-order valence-corrected chi connectivity index (χ4v) is 4.76. The van der Waals surface area contributed by atoms with Crippen LogP contribution in [0.4, 0.5) is 0 Å². The molecule has 0 amide bonds. The smallest absolute Gasteiger partial charge is 0.127 e. The summed E-state index contributed by atoms with van der Waals surface area (Å²) in [7, 11) is 1.69. The number of methoxy groups -OCH3 is 1. The third-order valence-electron chi connectivity index (χ3n) is 6.12. The van der Waals surface area contributed by atoms with Crippen LogP contribution < -0.4 is 9.47 Å². The molecule has 1 saturated heterocycles. The minimum Gasteiger partial charge on any atom is -0.497 e. The zero-order chi connectivity index (χ0) is 19.8. The highest BCUT2D eigenvalue weighted by Gasteiger charge is 2.43. The second-order valence-corrected chi connectivity index (χ2v) is 8.19. The standard InChI is InChI=1S/C23H27N3O3/c1-16-24-12-18-6-9-29-23(22(18)25-16)7-3-8-26(15-23)13-17-10-19-11-20(27-2)4-5-21(19)28-14-17/h4-5,10-12H,3,6-9,13-15H2,1-2H3/t23-/m1/s1. The van der Waals surface area contributed by atoms with E-state index in [1.165, 1.54) is 11.1 Å². The number of hydrogen-bond acceptors (Lipinski definition) is 6. The number of rotatable bonds is 3. The molecule has 6 nitrogen and oxygen atoms in total. The van der Waals surface area contributed by atoms with Crippen LogP contribution in [-0.4, -0.2) is 54.8 Å². The average molecular weight is 393 g/mol. The van der Waals surface area contributed by atoms with Gasteiger partial charge in [-0.2, -0.15) is 0 Å². The first kappa shape index (κ1) is 18.6. The molecule has 1 fully saturated rings. The number of ether oxygens (including phenoxy) is 3. The van der Waals surface area contributed by atoms with Crippen LogP contribution >= 0.6 is 0 Å². The first-order valence-corrected chi connectivity index (χ1v) is 10.3. The summed E-state index contributed by atoms with van der Waals surface area (Å²) >= 11 is 0. The highest BCUT2D eigenvalue weighted by molar-refractivity contribution is 5.64. The van der Waals surface area contributed by atoms with Gasteiger partial charge in [0.25, 0.3) is 0 Å². The van der Waals surface area contributed by atoms with Crippen LogP contribution in [0.2, 0.25) is 0 Å². The summed E-state index contributed by atoms with van der Waals surface area (Å²) in [5.74, 6) is 2.59. The van der Waals surface area contributed by atoms with Gasteiger partial charge in [0.05, 0.1) is 19.4 Å². The van der Waals surface area contributed by atoms with Gasteiger partial charge >= 0.3 is 0 Å². The number of fused-ring (bicyclic) bond motifs is 3. The Morgan fingerprint density at radius 2 is 2.24 bits per heavy atom. The number of likely N-dealkylation sites (tertiary alicyclic amines) is 1. The monoisotopic (exact) mass is 393 g/mol. The van der Waals surface area contributed by atoms with Gasteiger partial charge in [-0.05, 0) is 68.1 Å². The van der Waals surface area contributed by atoms with Gasteiger partial charge in [0, 0.05) is 24.8 Å². The maximum Gasteiger partial charge on any atom is 0.127 e. The number of aryl methyl sites for hydroxylation is 1. The van der Waals surface area contributed by atoms with E-state index >= 15 is 0 Å². The molecule has 0 bridgehead atoms. The Bertz CT molecular complexity index is 958. The second kappa shape index (κ2) is 7.43. The molecule has 0 saturated carbocycles. The van der Waals surface area contributed by atoms with Crippen molar-refractivity contribution in [3.05, 3.63) is 52.6 Å². The van der Waals surface area contributed by atoms with Crippen LogP contribution in [0, 0.1) is 6.92 Å². The van der Waals surface area contributed by atoms with Gasteiger partial charge in [0.15, 0.2) is 0 Å². The van der Waals surface area contributed by atoms with Crippen molar-refractivity contribution < 1.29 is 14.2 Å². The maximum absolute atomic E-state index is 6.39. The Morgan fingerprint density at radius 1 is 1.31 bits per heavy atom. The number of piperidine rings is 1. The molecule has 6 heteroatoms.